The highest BCUT2D eigenvalue weighted by Crippen LogP contribution is 2.56. The first-order valence-corrected chi connectivity index (χ1v) is 8.23. The van der Waals surface area contributed by atoms with Crippen LogP contribution in [0.15, 0.2) is 42.9 Å². The molecule has 7 heteroatoms. The molecule has 1 unspecified atom stereocenters. The van der Waals surface area contributed by atoms with Gasteiger partial charge >= 0.3 is 6.18 Å². The fourth-order valence-corrected chi connectivity index (χ4v) is 4.05. The highest BCUT2D eigenvalue weighted by Gasteiger charge is 2.54. The van der Waals surface area contributed by atoms with Crippen molar-refractivity contribution < 1.29 is 18.3 Å². The van der Waals surface area contributed by atoms with Gasteiger partial charge in [0.2, 0.25) is 0 Å². The topological polar surface area (TPSA) is 49.3 Å². The van der Waals surface area contributed by atoms with E-state index in [1.807, 2.05) is 17.0 Å². The van der Waals surface area contributed by atoms with Crippen LogP contribution in [0.1, 0.15) is 30.2 Å². The number of anilines is 1. The Bertz CT molecular complexity index is 734. The van der Waals surface area contributed by atoms with Crippen molar-refractivity contribution in [3.63, 3.8) is 0 Å². The van der Waals surface area contributed by atoms with E-state index in [0.29, 0.717) is 0 Å². The second-order valence-electron chi connectivity index (χ2n) is 7.15. The smallest absolute Gasteiger partial charge is 0.388 e. The molecule has 1 saturated heterocycles. The van der Waals surface area contributed by atoms with Gasteiger partial charge in [0.25, 0.3) is 0 Å². The summed E-state index contributed by atoms with van der Waals surface area (Å²) in [6.07, 6.45) is 1.62. The van der Waals surface area contributed by atoms with Crippen molar-refractivity contribution in [2.24, 2.45) is 11.3 Å². The van der Waals surface area contributed by atoms with Gasteiger partial charge in [0, 0.05) is 30.9 Å². The Morgan fingerprint density at radius 3 is 2.36 bits per heavy atom. The van der Waals surface area contributed by atoms with E-state index in [1.165, 1.54) is 12.3 Å². The van der Waals surface area contributed by atoms with Crippen molar-refractivity contribution >= 4 is 5.69 Å². The van der Waals surface area contributed by atoms with Gasteiger partial charge in [-0.1, -0.05) is 0 Å². The van der Waals surface area contributed by atoms with Crippen LogP contribution in [0.2, 0.25) is 0 Å². The fraction of sp³-hybridized carbons (Fsp3) is 0.444. The minimum Gasteiger partial charge on any atom is -0.388 e. The van der Waals surface area contributed by atoms with Gasteiger partial charge in [-0.2, -0.15) is 13.2 Å². The predicted molar refractivity (Wildman–Crippen MR) is 85.8 cm³/mol. The van der Waals surface area contributed by atoms with Gasteiger partial charge in [0.15, 0.2) is 0 Å². The first kappa shape index (κ1) is 16.3. The Balaban J connectivity index is 1.33. The highest BCUT2D eigenvalue weighted by molar-refractivity contribution is 5.49. The lowest BCUT2D eigenvalue weighted by Gasteiger charge is -2.60. The summed E-state index contributed by atoms with van der Waals surface area (Å²) in [5.74, 6) is 0.232. The zero-order valence-electron chi connectivity index (χ0n) is 13.4. The second-order valence-corrected chi connectivity index (χ2v) is 7.15. The van der Waals surface area contributed by atoms with E-state index >= 15 is 0 Å². The van der Waals surface area contributed by atoms with Crippen LogP contribution in [0.4, 0.5) is 18.9 Å². The normalized spacial score (nSPS) is 20.9. The average Bonchev–Trinajstić information content (AvgIpc) is 2.52. The number of hydrogen-bond acceptors (Lipinski definition) is 4. The van der Waals surface area contributed by atoms with Crippen molar-refractivity contribution in [2.45, 2.75) is 25.1 Å². The molecule has 1 aliphatic heterocycles. The van der Waals surface area contributed by atoms with Gasteiger partial charge in [-0.05, 0) is 48.6 Å². The van der Waals surface area contributed by atoms with Crippen LogP contribution in [0.3, 0.4) is 0 Å². The third-order valence-corrected chi connectivity index (χ3v) is 5.34. The summed E-state index contributed by atoms with van der Waals surface area (Å²) in [5, 5.41) is 10.4. The average molecular weight is 349 g/mol. The quantitative estimate of drug-likeness (QED) is 0.922. The molecule has 1 N–H and O–H groups in total. The standard InChI is InChI=1S/C18H18F3N3O/c19-18(20,21)15-2-1-14(9-23-15)24-10-17(11-24)7-13(8-17)16(25)12-3-5-22-6-4-12/h1-6,9,13,16,25H,7-8,10-11H2. The van der Waals surface area contributed by atoms with Crippen LogP contribution >= 0.6 is 0 Å². The van der Waals surface area contributed by atoms with Gasteiger partial charge in [0.1, 0.15) is 5.69 Å². The first-order chi connectivity index (χ1) is 11.9. The minimum absolute atomic E-state index is 0.182. The molecule has 2 fully saturated rings. The van der Waals surface area contributed by atoms with E-state index in [1.54, 1.807) is 12.4 Å². The monoisotopic (exact) mass is 349 g/mol. The lowest BCUT2D eigenvalue weighted by Crippen LogP contribution is -2.63. The molecule has 4 nitrogen and oxygen atoms in total. The van der Waals surface area contributed by atoms with Crippen molar-refractivity contribution in [1.29, 1.82) is 0 Å². The number of rotatable bonds is 3. The van der Waals surface area contributed by atoms with Crippen LogP contribution in [0, 0.1) is 11.3 Å². The summed E-state index contributed by atoms with van der Waals surface area (Å²) >= 11 is 0. The van der Waals surface area contributed by atoms with Crippen molar-refractivity contribution in [2.75, 3.05) is 18.0 Å². The van der Waals surface area contributed by atoms with E-state index in [0.717, 1.165) is 43.2 Å². The largest absolute Gasteiger partial charge is 0.433 e. The molecular weight excluding hydrogens is 331 g/mol. The summed E-state index contributed by atoms with van der Waals surface area (Å²) in [7, 11) is 0. The van der Waals surface area contributed by atoms with Crippen molar-refractivity contribution in [1.82, 2.24) is 9.97 Å². The van der Waals surface area contributed by atoms with Gasteiger partial charge in [-0.25, -0.2) is 4.98 Å². The Morgan fingerprint density at radius 1 is 1.12 bits per heavy atom. The van der Waals surface area contributed by atoms with Crippen LogP contribution in [-0.2, 0) is 6.18 Å². The SMILES string of the molecule is OC(c1ccncc1)C1CC2(C1)CN(c1ccc(C(F)(F)F)nc1)C2. The Labute approximate surface area is 143 Å². The molecule has 2 aromatic heterocycles. The molecule has 2 aliphatic rings. The van der Waals surface area contributed by atoms with Crippen molar-refractivity contribution in [3.05, 3.63) is 54.1 Å². The molecule has 1 saturated carbocycles. The zero-order chi connectivity index (χ0) is 17.7. The van der Waals surface area contributed by atoms with Crippen LogP contribution in [-0.4, -0.2) is 28.2 Å². The molecule has 0 aromatic carbocycles. The second kappa shape index (κ2) is 5.69. The Hall–Kier alpha value is -2.15. The number of nitrogens with zero attached hydrogens (tertiary/aromatic N) is 3. The number of halogens is 3. The van der Waals surface area contributed by atoms with E-state index in [-0.39, 0.29) is 11.3 Å². The molecule has 4 rings (SSSR count). The predicted octanol–water partition coefficient (Wildman–Crippen LogP) is 3.45. The lowest BCUT2D eigenvalue weighted by atomic mass is 9.56. The third-order valence-electron chi connectivity index (χ3n) is 5.34. The molecule has 1 spiro atoms. The number of hydrogen-bond donors (Lipinski definition) is 1. The summed E-state index contributed by atoms with van der Waals surface area (Å²) in [6.45, 7) is 1.61. The van der Waals surface area contributed by atoms with Gasteiger partial charge in [-0.15, -0.1) is 0 Å². The fourth-order valence-electron chi connectivity index (χ4n) is 4.05. The van der Waals surface area contributed by atoms with Crippen LogP contribution < -0.4 is 4.90 Å². The first-order valence-electron chi connectivity index (χ1n) is 8.23. The summed E-state index contributed by atoms with van der Waals surface area (Å²) in [4.78, 5) is 9.52. The van der Waals surface area contributed by atoms with Crippen LogP contribution in [0.5, 0.6) is 0 Å². The zero-order valence-corrected chi connectivity index (χ0v) is 13.4. The van der Waals surface area contributed by atoms with E-state index in [9.17, 15) is 18.3 Å². The van der Waals surface area contributed by atoms with E-state index < -0.39 is 18.0 Å². The van der Waals surface area contributed by atoms with Crippen molar-refractivity contribution in [3.8, 4) is 0 Å². The van der Waals surface area contributed by atoms with E-state index in [4.69, 9.17) is 0 Å². The molecule has 1 aliphatic carbocycles. The summed E-state index contributed by atoms with van der Waals surface area (Å²) in [5.41, 5.74) is 0.923. The molecule has 132 valence electrons. The Kier molecular flexibility index (Phi) is 3.72. The van der Waals surface area contributed by atoms with Gasteiger partial charge in [-0.3, -0.25) is 4.98 Å². The Morgan fingerprint density at radius 2 is 1.80 bits per heavy atom. The summed E-state index contributed by atoms with van der Waals surface area (Å²) < 4.78 is 37.7. The number of aliphatic hydroxyl groups excluding tert-OH is 1. The molecular formula is C18H18F3N3O. The van der Waals surface area contributed by atoms with Gasteiger partial charge in [0.05, 0.1) is 18.0 Å². The maximum atomic E-state index is 12.6. The molecule has 1 atom stereocenters. The number of pyridine rings is 2. The molecule has 25 heavy (non-hydrogen) atoms. The maximum Gasteiger partial charge on any atom is 0.433 e. The molecule has 0 bridgehead atoms. The van der Waals surface area contributed by atoms with E-state index in [2.05, 4.69) is 9.97 Å². The lowest BCUT2D eigenvalue weighted by molar-refractivity contribution is -0.141. The van der Waals surface area contributed by atoms with Gasteiger partial charge < -0.3 is 10.0 Å². The molecule has 0 amide bonds. The minimum atomic E-state index is -4.40. The maximum absolute atomic E-state index is 12.6. The number of aromatic nitrogens is 2. The third kappa shape index (κ3) is 2.97. The molecule has 2 aromatic rings. The summed E-state index contributed by atoms with van der Waals surface area (Å²) in [6, 6.07) is 6.16. The highest BCUT2D eigenvalue weighted by atomic mass is 19.4. The molecule has 3 heterocycles. The molecule has 0 radical (unpaired) electrons. The number of aliphatic hydroxyl groups is 1. The number of alkyl halides is 3. The van der Waals surface area contributed by atoms with Crippen LogP contribution in [0.25, 0.3) is 0 Å².